The van der Waals surface area contributed by atoms with Crippen LogP contribution in [0.5, 0.6) is 0 Å². The summed E-state index contributed by atoms with van der Waals surface area (Å²) < 4.78 is 11.7. The third-order valence-electron chi connectivity index (χ3n) is 4.86. The highest BCUT2D eigenvalue weighted by Crippen LogP contribution is 2.47. The largest absolute Gasteiger partial charge is 0.466 e. The highest BCUT2D eigenvalue weighted by atomic mass is 16.5. The van der Waals surface area contributed by atoms with Crippen LogP contribution in [0.1, 0.15) is 55.2 Å². The topological polar surface area (TPSA) is 60.4 Å². The highest BCUT2D eigenvalue weighted by molar-refractivity contribution is 5.25. The number of furan rings is 1. The van der Waals surface area contributed by atoms with Crippen LogP contribution in [0.15, 0.2) is 10.5 Å². The van der Waals surface area contributed by atoms with Crippen LogP contribution in [0, 0.1) is 19.8 Å². The average Bonchev–Trinajstić information content (AvgIpc) is 2.68. The lowest BCUT2D eigenvalue weighted by Crippen LogP contribution is -2.48. The Morgan fingerprint density at radius 3 is 2.74 bits per heavy atom. The molecule has 1 saturated carbocycles. The Balaban J connectivity index is 1.80. The first-order chi connectivity index (χ1) is 9.13. The van der Waals surface area contributed by atoms with E-state index < -0.39 is 0 Å². The minimum Gasteiger partial charge on any atom is -0.466 e. The van der Waals surface area contributed by atoms with Crippen LogP contribution in [0.2, 0.25) is 0 Å². The number of nitrogens with two attached hydrogens (primary N) is 1. The van der Waals surface area contributed by atoms with E-state index in [0.29, 0.717) is 5.92 Å². The van der Waals surface area contributed by atoms with Gasteiger partial charge in [0.15, 0.2) is 0 Å². The maximum Gasteiger partial charge on any atom is 0.105 e. The molecule has 1 spiro atoms. The fourth-order valence-electron chi connectivity index (χ4n) is 3.71. The van der Waals surface area contributed by atoms with Crippen molar-refractivity contribution in [3.05, 3.63) is 23.2 Å². The number of hydrogen-bond donors (Lipinski definition) is 2. The van der Waals surface area contributed by atoms with Gasteiger partial charge < -0.3 is 9.15 Å². The van der Waals surface area contributed by atoms with E-state index in [1.165, 1.54) is 24.8 Å². The Morgan fingerprint density at radius 2 is 2.21 bits per heavy atom. The smallest absolute Gasteiger partial charge is 0.105 e. The third-order valence-corrected chi connectivity index (χ3v) is 4.86. The van der Waals surface area contributed by atoms with E-state index in [-0.39, 0.29) is 11.6 Å². The van der Waals surface area contributed by atoms with E-state index in [2.05, 4.69) is 11.5 Å². The summed E-state index contributed by atoms with van der Waals surface area (Å²) in [4.78, 5) is 0. The maximum absolute atomic E-state index is 6.01. The van der Waals surface area contributed by atoms with E-state index in [4.69, 9.17) is 15.0 Å². The van der Waals surface area contributed by atoms with E-state index in [9.17, 15) is 0 Å². The van der Waals surface area contributed by atoms with Crippen LogP contribution in [-0.2, 0) is 4.74 Å². The molecular weight excluding hydrogens is 240 g/mol. The van der Waals surface area contributed by atoms with Crippen LogP contribution in [0.3, 0.4) is 0 Å². The number of aryl methyl sites for hydroxylation is 2. The lowest BCUT2D eigenvalue weighted by molar-refractivity contribution is -0.147. The molecule has 2 heterocycles. The molecule has 3 N–H and O–H groups in total. The summed E-state index contributed by atoms with van der Waals surface area (Å²) in [6.45, 7) is 4.87. The molecule has 2 aliphatic rings. The number of rotatable bonds is 3. The van der Waals surface area contributed by atoms with E-state index in [1.807, 2.05) is 13.8 Å². The van der Waals surface area contributed by atoms with Gasteiger partial charge in [-0.3, -0.25) is 11.3 Å². The zero-order valence-corrected chi connectivity index (χ0v) is 11.9. The summed E-state index contributed by atoms with van der Waals surface area (Å²) in [5.74, 6) is 8.30. The molecule has 3 rings (SSSR count). The molecule has 106 valence electrons. The molecule has 0 bridgehead atoms. The third kappa shape index (κ3) is 2.33. The first kappa shape index (κ1) is 13.2. The van der Waals surface area contributed by atoms with Crippen molar-refractivity contribution in [1.29, 1.82) is 0 Å². The van der Waals surface area contributed by atoms with E-state index >= 15 is 0 Å². The Hall–Kier alpha value is -0.840. The number of hydrogen-bond acceptors (Lipinski definition) is 4. The summed E-state index contributed by atoms with van der Waals surface area (Å²) in [6.07, 6.45) is 5.91. The SMILES string of the molecule is Cc1cc(C(NN)C2CCOC3(CCC3)C2)c(C)o1. The lowest BCUT2D eigenvalue weighted by atomic mass is 9.70. The number of hydrazine groups is 1. The van der Waals surface area contributed by atoms with Crippen molar-refractivity contribution in [3.63, 3.8) is 0 Å². The fourth-order valence-corrected chi connectivity index (χ4v) is 3.71. The summed E-state index contributed by atoms with van der Waals surface area (Å²) in [5, 5.41) is 0. The van der Waals surface area contributed by atoms with Gasteiger partial charge in [-0.05, 0) is 57.9 Å². The van der Waals surface area contributed by atoms with Crippen molar-refractivity contribution in [2.45, 2.75) is 57.6 Å². The van der Waals surface area contributed by atoms with Gasteiger partial charge in [0, 0.05) is 12.2 Å². The van der Waals surface area contributed by atoms with Crippen molar-refractivity contribution in [2.75, 3.05) is 6.61 Å². The molecule has 1 aromatic heterocycles. The molecule has 2 unspecified atom stereocenters. The molecule has 1 aliphatic carbocycles. The molecular formula is C15H24N2O2. The maximum atomic E-state index is 6.01. The Labute approximate surface area is 114 Å². The summed E-state index contributed by atoms with van der Waals surface area (Å²) in [6, 6.07) is 2.29. The van der Waals surface area contributed by atoms with Gasteiger partial charge in [0.2, 0.25) is 0 Å². The summed E-state index contributed by atoms with van der Waals surface area (Å²) in [5.41, 5.74) is 4.38. The molecule has 1 saturated heterocycles. The first-order valence-electron chi connectivity index (χ1n) is 7.30. The van der Waals surface area contributed by atoms with Crippen LogP contribution in [0.4, 0.5) is 0 Å². The van der Waals surface area contributed by atoms with Crippen molar-refractivity contribution >= 4 is 0 Å². The molecule has 0 radical (unpaired) electrons. The van der Waals surface area contributed by atoms with E-state index in [0.717, 1.165) is 31.0 Å². The minimum absolute atomic E-state index is 0.157. The predicted octanol–water partition coefficient (Wildman–Crippen LogP) is 2.75. The van der Waals surface area contributed by atoms with E-state index in [1.54, 1.807) is 0 Å². The van der Waals surface area contributed by atoms with Crippen LogP contribution >= 0.6 is 0 Å². The molecule has 1 aliphatic heterocycles. The number of ether oxygens (including phenoxy) is 1. The van der Waals surface area contributed by atoms with Crippen LogP contribution in [-0.4, -0.2) is 12.2 Å². The lowest BCUT2D eigenvalue weighted by Gasteiger charge is -2.48. The van der Waals surface area contributed by atoms with Gasteiger partial charge in [0.25, 0.3) is 0 Å². The molecule has 4 nitrogen and oxygen atoms in total. The minimum atomic E-state index is 0.157. The summed E-state index contributed by atoms with van der Waals surface area (Å²) >= 11 is 0. The predicted molar refractivity (Wildman–Crippen MR) is 73.5 cm³/mol. The van der Waals surface area contributed by atoms with Crippen molar-refractivity contribution < 1.29 is 9.15 Å². The molecule has 0 aromatic carbocycles. The zero-order valence-electron chi connectivity index (χ0n) is 11.9. The fraction of sp³-hybridized carbons (Fsp3) is 0.733. The molecule has 2 atom stereocenters. The Bertz CT molecular complexity index is 451. The second-order valence-electron chi connectivity index (χ2n) is 6.15. The van der Waals surface area contributed by atoms with Crippen molar-refractivity contribution in [2.24, 2.45) is 11.8 Å². The van der Waals surface area contributed by atoms with Gasteiger partial charge in [-0.1, -0.05) is 0 Å². The van der Waals surface area contributed by atoms with Crippen molar-refractivity contribution in [3.8, 4) is 0 Å². The van der Waals surface area contributed by atoms with Gasteiger partial charge in [-0.15, -0.1) is 0 Å². The Kier molecular flexibility index (Phi) is 3.41. The monoisotopic (exact) mass is 264 g/mol. The standard InChI is InChI=1S/C15H24N2O2/c1-10-8-13(11(2)19-10)14(17-16)12-4-7-18-15(9-12)5-3-6-15/h8,12,14,17H,3-7,9,16H2,1-2H3. The van der Waals surface area contributed by atoms with Crippen LogP contribution < -0.4 is 11.3 Å². The normalized spacial score (nSPS) is 27.2. The van der Waals surface area contributed by atoms with Gasteiger partial charge in [-0.2, -0.15) is 0 Å². The molecule has 1 aromatic rings. The molecule has 0 amide bonds. The molecule has 2 fully saturated rings. The van der Waals surface area contributed by atoms with Crippen LogP contribution in [0.25, 0.3) is 0 Å². The first-order valence-corrected chi connectivity index (χ1v) is 7.30. The van der Waals surface area contributed by atoms with Gasteiger partial charge >= 0.3 is 0 Å². The zero-order chi connectivity index (χ0) is 13.5. The van der Waals surface area contributed by atoms with Gasteiger partial charge in [-0.25, -0.2) is 0 Å². The second-order valence-corrected chi connectivity index (χ2v) is 6.15. The number of nitrogens with one attached hydrogen (secondary N) is 1. The molecule has 4 heteroatoms. The highest BCUT2D eigenvalue weighted by Gasteiger charge is 2.44. The van der Waals surface area contributed by atoms with Gasteiger partial charge in [0.05, 0.1) is 11.6 Å². The Morgan fingerprint density at radius 1 is 1.42 bits per heavy atom. The van der Waals surface area contributed by atoms with Crippen molar-refractivity contribution in [1.82, 2.24) is 5.43 Å². The second kappa shape index (κ2) is 4.93. The van der Waals surface area contributed by atoms with Gasteiger partial charge in [0.1, 0.15) is 11.5 Å². The quantitative estimate of drug-likeness (QED) is 0.651. The summed E-state index contributed by atoms with van der Waals surface area (Å²) in [7, 11) is 0. The average molecular weight is 264 g/mol. The molecule has 19 heavy (non-hydrogen) atoms.